The molecule has 0 aromatic carbocycles. The summed E-state index contributed by atoms with van der Waals surface area (Å²) in [6.07, 6.45) is 1.67. The zero-order valence-corrected chi connectivity index (χ0v) is 12.2. The number of pyridine rings is 1. The van der Waals surface area contributed by atoms with Crippen LogP contribution in [0.3, 0.4) is 0 Å². The molecule has 0 aliphatic carbocycles. The van der Waals surface area contributed by atoms with Crippen LogP contribution in [0.15, 0.2) is 6.33 Å². The average Bonchev–Trinajstić information content (AvgIpc) is 2.74. The summed E-state index contributed by atoms with van der Waals surface area (Å²) in [6.45, 7) is 7.86. The van der Waals surface area contributed by atoms with Gasteiger partial charge in [-0.15, -0.1) is 0 Å². The molecule has 0 aliphatic heterocycles. The van der Waals surface area contributed by atoms with E-state index in [0.717, 1.165) is 0 Å². The molecule has 2 aromatic rings. The van der Waals surface area contributed by atoms with E-state index in [1.165, 1.54) is 0 Å². The van der Waals surface area contributed by atoms with Gasteiger partial charge in [-0.3, -0.25) is 0 Å². The van der Waals surface area contributed by atoms with Gasteiger partial charge in [-0.1, -0.05) is 11.6 Å². The number of rotatable bonds is 3. The number of imidazole rings is 1. The van der Waals surface area contributed by atoms with Crippen molar-refractivity contribution in [3.05, 3.63) is 22.7 Å². The van der Waals surface area contributed by atoms with E-state index in [4.69, 9.17) is 16.3 Å². The number of fused-ring (bicyclic) bond motifs is 1. The Morgan fingerprint density at radius 2 is 2.21 bits per heavy atom. The topological polar surface area (TPSA) is 57.0 Å². The number of aryl methyl sites for hydroxylation is 1. The van der Waals surface area contributed by atoms with Crippen molar-refractivity contribution in [3.63, 3.8) is 0 Å². The van der Waals surface area contributed by atoms with Crippen molar-refractivity contribution in [2.24, 2.45) is 0 Å². The van der Waals surface area contributed by atoms with Gasteiger partial charge in [0, 0.05) is 6.04 Å². The molecule has 5 nitrogen and oxygen atoms in total. The molecule has 0 aliphatic rings. The third-order valence-corrected chi connectivity index (χ3v) is 3.15. The molecule has 0 spiro atoms. The van der Waals surface area contributed by atoms with Crippen LogP contribution in [-0.2, 0) is 4.74 Å². The summed E-state index contributed by atoms with van der Waals surface area (Å²) in [4.78, 5) is 20.5. The van der Waals surface area contributed by atoms with Crippen LogP contribution in [-0.4, -0.2) is 27.1 Å². The molecule has 0 amide bonds. The molecule has 0 saturated carbocycles. The fourth-order valence-electron chi connectivity index (χ4n) is 2.03. The highest BCUT2D eigenvalue weighted by atomic mass is 35.5. The van der Waals surface area contributed by atoms with Gasteiger partial charge in [-0.05, 0) is 27.7 Å². The molecule has 2 rings (SSSR count). The second-order valence-electron chi connectivity index (χ2n) is 4.53. The standard InChI is InChI=1S/C13H16ClN3O2/c1-5-19-13(18)9-8(4)16-12(14)10-11(9)17(6-15-10)7(2)3/h6-7H,5H2,1-4H3. The zero-order chi connectivity index (χ0) is 14.2. The normalized spacial score (nSPS) is 11.3. The van der Waals surface area contributed by atoms with Gasteiger partial charge in [0.05, 0.1) is 24.1 Å². The van der Waals surface area contributed by atoms with Crippen LogP contribution in [0.25, 0.3) is 11.0 Å². The molecule has 0 atom stereocenters. The van der Waals surface area contributed by atoms with Crippen molar-refractivity contribution >= 4 is 28.6 Å². The van der Waals surface area contributed by atoms with Crippen LogP contribution >= 0.6 is 11.6 Å². The van der Waals surface area contributed by atoms with Crippen molar-refractivity contribution in [2.75, 3.05) is 6.61 Å². The minimum atomic E-state index is -0.392. The van der Waals surface area contributed by atoms with Gasteiger partial charge in [0.1, 0.15) is 11.1 Å². The molecule has 0 fully saturated rings. The lowest BCUT2D eigenvalue weighted by Crippen LogP contribution is -2.12. The van der Waals surface area contributed by atoms with Gasteiger partial charge in [-0.2, -0.15) is 0 Å². The number of carbonyl (C=O) groups is 1. The Kier molecular flexibility index (Phi) is 3.75. The van der Waals surface area contributed by atoms with Gasteiger partial charge in [-0.25, -0.2) is 14.8 Å². The predicted molar refractivity (Wildman–Crippen MR) is 73.6 cm³/mol. The third-order valence-electron chi connectivity index (χ3n) is 2.89. The minimum Gasteiger partial charge on any atom is -0.462 e. The van der Waals surface area contributed by atoms with Crippen LogP contribution in [0, 0.1) is 6.92 Å². The molecule has 19 heavy (non-hydrogen) atoms. The van der Waals surface area contributed by atoms with Crippen LogP contribution in [0.4, 0.5) is 0 Å². The van der Waals surface area contributed by atoms with Crippen molar-refractivity contribution < 1.29 is 9.53 Å². The van der Waals surface area contributed by atoms with Crippen molar-refractivity contribution in [2.45, 2.75) is 33.7 Å². The first-order valence-electron chi connectivity index (χ1n) is 6.17. The molecule has 2 heterocycles. The summed E-state index contributed by atoms with van der Waals surface area (Å²) in [5, 5.41) is 0.306. The van der Waals surface area contributed by atoms with Gasteiger partial charge < -0.3 is 9.30 Å². The number of halogens is 1. The van der Waals surface area contributed by atoms with Crippen molar-refractivity contribution in [1.29, 1.82) is 0 Å². The molecule has 0 unspecified atom stereocenters. The molecular weight excluding hydrogens is 266 g/mol. The summed E-state index contributed by atoms with van der Waals surface area (Å²) in [6, 6.07) is 0.163. The number of esters is 1. The maximum Gasteiger partial charge on any atom is 0.342 e. The van der Waals surface area contributed by atoms with Crippen LogP contribution < -0.4 is 0 Å². The highest BCUT2D eigenvalue weighted by Gasteiger charge is 2.22. The highest BCUT2D eigenvalue weighted by molar-refractivity contribution is 6.34. The van der Waals surface area contributed by atoms with E-state index in [2.05, 4.69) is 9.97 Å². The van der Waals surface area contributed by atoms with Gasteiger partial charge in [0.2, 0.25) is 0 Å². The van der Waals surface area contributed by atoms with E-state index >= 15 is 0 Å². The van der Waals surface area contributed by atoms with E-state index in [-0.39, 0.29) is 6.04 Å². The van der Waals surface area contributed by atoms with Crippen LogP contribution in [0.1, 0.15) is 42.9 Å². The Balaban J connectivity index is 2.80. The summed E-state index contributed by atoms with van der Waals surface area (Å²) in [5.41, 5.74) is 2.21. The van der Waals surface area contributed by atoms with Crippen LogP contribution in [0.2, 0.25) is 5.15 Å². The fourth-order valence-corrected chi connectivity index (χ4v) is 2.29. The lowest BCUT2D eigenvalue weighted by Gasteiger charge is -2.13. The van der Waals surface area contributed by atoms with Gasteiger partial charge in [0.25, 0.3) is 0 Å². The summed E-state index contributed by atoms with van der Waals surface area (Å²) >= 11 is 6.10. The highest BCUT2D eigenvalue weighted by Crippen LogP contribution is 2.28. The Morgan fingerprint density at radius 3 is 2.79 bits per heavy atom. The van der Waals surface area contributed by atoms with Gasteiger partial charge >= 0.3 is 5.97 Å². The first-order valence-corrected chi connectivity index (χ1v) is 6.54. The first kappa shape index (κ1) is 13.8. The largest absolute Gasteiger partial charge is 0.462 e. The predicted octanol–water partition coefficient (Wildman–Crippen LogP) is 3.15. The number of aromatic nitrogens is 3. The maximum absolute atomic E-state index is 12.1. The molecule has 0 saturated heterocycles. The Labute approximate surface area is 116 Å². The molecule has 0 N–H and O–H groups in total. The Bertz CT molecular complexity index is 634. The number of nitrogens with zero attached hydrogens (tertiary/aromatic N) is 3. The molecule has 0 bridgehead atoms. The smallest absolute Gasteiger partial charge is 0.342 e. The lowest BCUT2D eigenvalue weighted by atomic mass is 10.1. The van der Waals surface area contributed by atoms with E-state index in [1.54, 1.807) is 20.2 Å². The van der Waals surface area contributed by atoms with E-state index in [9.17, 15) is 4.79 Å². The second-order valence-corrected chi connectivity index (χ2v) is 4.88. The van der Waals surface area contributed by atoms with Crippen LogP contribution in [0.5, 0.6) is 0 Å². The zero-order valence-electron chi connectivity index (χ0n) is 11.4. The quantitative estimate of drug-likeness (QED) is 0.640. The fraction of sp³-hybridized carbons (Fsp3) is 0.462. The molecule has 6 heteroatoms. The maximum atomic E-state index is 12.1. The second kappa shape index (κ2) is 5.17. The monoisotopic (exact) mass is 281 g/mol. The number of hydrogen-bond acceptors (Lipinski definition) is 4. The summed E-state index contributed by atoms with van der Waals surface area (Å²) in [7, 11) is 0. The molecular formula is C13H16ClN3O2. The average molecular weight is 282 g/mol. The summed E-state index contributed by atoms with van der Waals surface area (Å²) < 4.78 is 7.00. The minimum absolute atomic E-state index is 0.163. The van der Waals surface area contributed by atoms with E-state index < -0.39 is 5.97 Å². The Morgan fingerprint density at radius 1 is 1.53 bits per heavy atom. The number of hydrogen-bond donors (Lipinski definition) is 0. The first-order chi connectivity index (χ1) is 8.97. The molecule has 102 valence electrons. The Hall–Kier alpha value is -1.62. The van der Waals surface area contributed by atoms with Crippen molar-refractivity contribution in [3.8, 4) is 0 Å². The SMILES string of the molecule is CCOC(=O)c1c(C)nc(Cl)c2ncn(C(C)C)c12. The summed E-state index contributed by atoms with van der Waals surface area (Å²) in [5.74, 6) is -0.392. The van der Waals surface area contributed by atoms with Crippen molar-refractivity contribution in [1.82, 2.24) is 14.5 Å². The third kappa shape index (κ3) is 2.30. The number of ether oxygens (including phenoxy) is 1. The lowest BCUT2D eigenvalue weighted by molar-refractivity contribution is 0.0527. The molecule has 2 aromatic heterocycles. The molecule has 0 radical (unpaired) electrons. The van der Waals surface area contributed by atoms with E-state index in [0.29, 0.717) is 34.1 Å². The van der Waals surface area contributed by atoms with Gasteiger partial charge in [0.15, 0.2) is 5.15 Å². The number of carbonyl (C=O) groups excluding carboxylic acids is 1. The van der Waals surface area contributed by atoms with E-state index in [1.807, 2.05) is 18.4 Å².